The minimum atomic E-state index is 0.262. The number of thiophene rings is 1. The first-order valence-electron chi connectivity index (χ1n) is 4.93. The molecule has 1 aliphatic rings. The van der Waals surface area contributed by atoms with E-state index in [2.05, 4.69) is 25.3 Å². The van der Waals surface area contributed by atoms with Crippen molar-refractivity contribution in [3.05, 3.63) is 21.9 Å². The first kappa shape index (κ1) is 9.22. The van der Waals surface area contributed by atoms with Gasteiger partial charge in [-0.05, 0) is 42.7 Å². The summed E-state index contributed by atoms with van der Waals surface area (Å²) in [6, 6.07) is 2.20. The molecule has 0 bridgehead atoms. The Bertz CT molecular complexity index is 301. The van der Waals surface area contributed by atoms with Crippen LogP contribution in [-0.4, -0.2) is 6.54 Å². The highest BCUT2D eigenvalue weighted by molar-refractivity contribution is 7.10. The second-order valence-corrected chi connectivity index (χ2v) is 5.24. The maximum absolute atomic E-state index is 5.91. The summed E-state index contributed by atoms with van der Waals surface area (Å²) >= 11 is 1.87. The molecule has 2 rings (SSSR count). The van der Waals surface area contributed by atoms with Gasteiger partial charge in [-0.15, -0.1) is 11.3 Å². The van der Waals surface area contributed by atoms with E-state index in [0.29, 0.717) is 0 Å². The first-order valence-corrected chi connectivity index (χ1v) is 5.81. The maximum Gasteiger partial charge on any atom is 0.0172 e. The smallest absolute Gasteiger partial charge is 0.0172 e. The fourth-order valence-electron chi connectivity index (χ4n) is 2.12. The topological polar surface area (TPSA) is 26.0 Å². The number of hydrogen-bond acceptors (Lipinski definition) is 2. The van der Waals surface area contributed by atoms with E-state index in [0.717, 1.165) is 12.5 Å². The van der Waals surface area contributed by atoms with Crippen molar-refractivity contribution in [2.45, 2.75) is 32.1 Å². The number of nitrogens with two attached hydrogens (primary N) is 1. The van der Waals surface area contributed by atoms with Gasteiger partial charge in [0.1, 0.15) is 0 Å². The highest BCUT2D eigenvalue weighted by atomic mass is 32.1. The van der Waals surface area contributed by atoms with Gasteiger partial charge >= 0.3 is 0 Å². The third-order valence-electron chi connectivity index (χ3n) is 3.28. The maximum atomic E-state index is 5.91. The van der Waals surface area contributed by atoms with Gasteiger partial charge < -0.3 is 5.73 Å². The fourth-order valence-corrected chi connectivity index (χ4v) is 3.30. The van der Waals surface area contributed by atoms with Gasteiger partial charge in [0.15, 0.2) is 0 Å². The Hall–Kier alpha value is -0.340. The zero-order valence-electron chi connectivity index (χ0n) is 8.34. The Morgan fingerprint density at radius 1 is 1.62 bits per heavy atom. The van der Waals surface area contributed by atoms with Crippen LogP contribution in [-0.2, 0) is 5.41 Å². The van der Waals surface area contributed by atoms with Crippen LogP contribution >= 0.6 is 11.3 Å². The van der Waals surface area contributed by atoms with E-state index in [1.807, 2.05) is 11.3 Å². The molecular weight excluding hydrogens is 178 g/mol. The lowest BCUT2D eigenvalue weighted by molar-refractivity contribution is 0.427. The van der Waals surface area contributed by atoms with E-state index >= 15 is 0 Å². The largest absolute Gasteiger partial charge is 0.330 e. The lowest BCUT2D eigenvalue weighted by Crippen LogP contribution is -2.33. The van der Waals surface area contributed by atoms with Gasteiger partial charge in [0.25, 0.3) is 0 Å². The predicted octanol–water partition coefficient (Wildman–Crippen LogP) is 2.68. The molecule has 1 atom stereocenters. The van der Waals surface area contributed by atoms with Gasteiger partial charge in [0, 0.05) is 16.8 Å². The second kappa shape index (κ2) is 3.10. The van der Waals surface area contributed by atoms with Crippen LogP contribution in [0.15, 0.2) is 11.4 Å². The molecule has 1 unspecified atom stereocenters. The molecule has 1 aliphatic carbocycles. The molecule has 0 radical (unpaired) electrons. The molecule has 0 aliphatic heterocycles. The predicted molar refractivity (Wildman–Crippen MR) is 58.2 cm³/mol. The van der Waals surface area contributed by atoms with Crippen molar-refractivity contribution in [2.75, 3.05) is 6.54 Å². The monoisotopic (exact) mass is 195 g/mol. The van der Waals surface area contributed by atoms with Gasteiger partial charge in [-0.3, -0.25) is 0 Å². The molecule has 1 saturated carbocycles. The standard InChI is InChI=1S/C11H17NS/c1-8-5-6-13-10(8)11(2,7-12)9-3-4-9/h5-6,9H,3-4,7,12H2,1-2H3. The van der Waals surface area contributed by atoms with Crippen LogP contribution in [0.4, 0.5) is 0 Å². The molecule has 0 amide bonds. The Labute approximate surface area is 84.0 Å². The summed E-state index contributed by atoms with van der Waals surface area (Å²) in [5.74, 6) is 0.842. The van der Waals surface area contributed by atoms with Gasteiger partial charge in [0.05, 0.1) is 0 Å². The average Bonchev–Trinajstić information content (AvgIpc) is 2.89. The van der Waals surface area contributed by atoms with Gasteiger partial charge in [-0.1, -0.05) is 6.92 Å². The molecular formula is C11H17NS. The molecule has 72 valence electrons. The molecule has 1 nitrogen and oxygen atoms in total. The third-order valence-corrected chi connectivity index (χ3v) is 4.58. The van der Waals surface area contributed by atoms with E-state index in [-0.39, 0.29) is 5.41 Å². The van der Waals surface area contributed by atoms with Gasteiger partial charge in [-0.2, -0.15) is 0 Å². The van der Waals surface area contributed by atoms with E-state index < -0.39 is 0 Å². The lowest BCUT2D eigenvalue weighted by Gasteiger charge is -2.27. The second-order valence-electron chi connectivity index (χ2n) is 4.33. The summed E-state index contributed by atoms with van der Waals surface area (Å²) in [6.45, 7) is 5.31. The summed E-state index contributed by atoms with van der Waals surface area (Å²) in [6.07, 6.45) is 2.73. The van der Waals surface area contributed by atoms with Crippen molar-refractivity contribution in [3.8, 4) is 0 Å². The summed E-state index contributed by atoms with van der Waals surface area (Å²) in [5.41, 5.74) is 7.60. The molecule has 2 heteroatoms. The number of rotatable bonds is 3. The minimum absolute atomic E-state index is 0.262. The van der Waals surface area contributed by atoms with Crippen LogP contribution < -0.4 is 5.73 Å². The molecule has 0 aromatic carbocycles. The van der Waals surface area contributed by atoms with Crippen molar-refractivity contribution in [2.24, 2.45) is 11.7 Å². The molecule has 0 saturated heterocycles. The normalized spacial score (nSPS) is 21.5. The van der Waals surface area contributed by atoms with Crippen molar-refractivity contribution in [1.29, 1.82) is 0 Å². The molecule has 1 heterocycles. The average molecular weight is 195 g/mol. The van der Waals surface area contributed by atoms with Crippen molar-refractivity contribution in [1.82, 2.24) is 0 Å². The van der Waals surface area contributed by atoms with E-state index in [1.54, 1.807) is 0 Å². The SMILES string of the molecule is Cc1ccsc1C(C)(CN)C1CC1. The number of aryl methyl sites for hydroxylation is 1. The van der Waals surface area contributed by atoms with Crippen molar-refractivity contribution in [3.63, 3.8) is 0 Å². The van der Waals surface area contributed by atoms with E-state index in [9.17, 15) is 0 Å². The van der Waals surface area contributed by atoms with Gasteiger partial charge in [0.2, 0.25) is 0 Å². The summed E-state index contributed by atoms with van der Waals surface area (Å²) in [7, 11) is 0. The van der Waals surface area contributed by atoms with Crippen LogP contribution in [0.1, 0.15) is 30.2 Å². The summed E-state index contributed by atoms with van der Waals surface area (Å²) in [4.78, 5) is 1.51. The molecule has 13 heavy (non-hydrogen) atoms. The van der Waals surface area contributed by atoms with Crippen LogP contribution in [0.25, 0.3) is 0 Å². The zero-order chi connectivity index (χ0) is 9.47. The van der Waals surface area contributed by atoms with Crippen molar-refractivity contribution >= 4 is 11.3 Å². The van der Waals surface area contributed by atoms with Crippen molar-refractivity contribution < 1.29 is 0 Å². The van der Waals surface area contributed by atoms with E-state index in [4.69, 9.17) is 5.73 Å². The Morgan fingerprint density at radius 2 is 2.31 bits per heavy atom. The zero-order valence-corrected chi connectivity index (χ0v) is 9.16. The van der Waals surface area contributed by atoms with Crippen LogP contribution in [0.5, 0.6) is 0 Å². The van der Waals surface area contributed by atoms with Crippen LogP contribution in [0, 0.1) is 12.8 Å². The molecule has 0 spiro atoms. The summed E-state index contributed by atoms with van der Waals surface area (Å²) in [5, 5.41) is 2.18. The number of hydrogen-bond donors (Lipinski definition) is 1. The molecule has 1 fully saturated rings. The van der Waals surface area contributed by atoms with Gasteiger partial charge in [-0.25, -0.2) is 0 Å². The van der Waals surface area contributed by atoms with E-state index in [1.165, 1.54) is 23.3 Å². The Kier molecular flexibility index (Phi) is 2.20. The molecule has 2 N–H and O–H groups in total. The minimum Gasteiger partial charge on any atom is -0.330 e. The molecule has 1 aromatic heterocycles. The fraction of sp³-hybridized carbons (Fsp3) is 0.636. The Balaban J connectivity index is 2.35. The molecule has 1 aromatic rings. The first-order chi connectivity index (χ1) is 6.18. The third kappa shape index (κ3) is 1.42. The summed E-state index contributed by atoms with van der Waals surface area (Å²) < 4.78 is 0. The quantitative estimate of drug-likeness (QED) is 0.788. The highest BCUT2D eigenvalue weighted by Gasteiger charge is 2.43. The van der Waals surface area contributed by atoms with Crippen LogP contribution in [0.2, 0.25) is 0 Å². The lowest BCUT2D eigenvalue weighted by atomic mass is 9.82. The Morgan fingerprint density at radius 3 is 2.69 bits per heavy atom. The van der Waals surface area contributed by atoms with Crippen LogP contribution in [0.3, 0.4) is 0 Å². The highest BCUT2D eigenvalue weighted by Crippen LogP contribution is 2.48.